The van der Waals surface area contributed by atoms with Gasteiger partial charge in [-0.15, -0.1) is 11.8 Å². The molecule has 1 saturated heterocycles. The summed E-state index contributed by atoms with van der Waals surface area (Å²) >= 11 is 1.75. The van der Waals surface area contributed by atoms with Crippen LogP contribution in [0.1, 0.15) is 47.8 Å². The summed E-state index contributed by atoms with van der Waals surface area (Å²) in [5, 5.41) is -0.00945. The molecule has 1 aliphatic rings. The van der Waals surface area contributed by atoms with Crippen molar-refractivity contribution in [1.82, 2.24) is 4.90 Å². The lowest BCUT2D eigenvalue weighted by molar-refractivity contribution is 0.0749. The summed E-state index contributed by atoms with van der Waals surface area (Å²) in [5.41, 5.74) is 2.08. The predicted molar refractivity (Wildman–Crippen MR) is 90.1 cm³/mol. The van der Waals surface area contributed by atoms with E-state index in [1.54, 1.807) is 18.0 Å². The second-order valence-electron chi connectivity index (χ2n) is 6.56. The van der Waals surface area contributed by atoms with Gasteiger partial charge in [-0.25, -0.2) is 0 Å². The van der Waals surface area contributed by atoms with Crippen LogP contribution in [0.3, 0.4) is 0 Å². The van der Waals surface area contributed by atoms with E-state index in [1.807, 2.05) is 29.2 Å². The normalized spacial score (nSPS) is 18.7. The number of hydrogen-bond acceptors (Lipinski definition) is 3. The second kappa shape index (κ2) is 5.84. The molecule has 2 aromatic rings. The lowest BCUT2D eigenvalue weighted by Crippen LogP contribution is -2.30. The Morgan fingerprint density at radius 2 is 1.95 bits per heavy atom. The first kappa shape index (κ1) is 15.2. The number of thioether (sulfide) groups is 1. The lowest BCUT2D eigenvalue weighted by Gasteiger charge is -2.23. The van der Waals surface area contributed by atoms with E-state index in [0.717, 1.165) is 23.6 Å². The highest BCUT2D eigenvalue weighted by Crippen LogP contribution is 2.39. The topological polar surface area (TPSA) is 33.5 Å². The molecule has 0 radical (unpaired) electrons. The van der Waals surface area contributed by atoms with Crippen molar-refractivity contribution < 1.29 is 9.21 Å². The minimum Gasteiger partial charge on any atom is -0.466 e. The molecule has 4 heteroatoms. The Bertz CT molecular complexity index is 641. The molecule has 2 heterocycles. The van der Waals surface area contributed by atoms with Gasteiger partial charge in [0.1, 0.15) is 11.1 Å². The van der Waals surface area contributed by atoms with E-state index in [2.05, 4.69) is 32.9 Å². The van der Waals surface area contributed by atoms with Crippen LogP contribution in [0, 0.1) is 0 Å². The SMILES string of the molecule is CC(C)(C)c1ccc(C(=O)N2CCSC2c2ccco2)cc1. The van der Waals surface area contributed by atoms with Crippen LogP contribution in [0.4, 0.5) is 0 Å². The number of hydrogen-bond donors (Lipinski definition) is 0. The fourth-order valence-electron chi connectivity index (χ4n) is 2.62. The van der Waals surface area contributed by atoms with Crippen molar-refractivity contribution in [2.24, 2.45) is 0 Å². The highest BCUT2D eigenvalue weighted by atomic mass is 32.2. The monoisotopic (exact) mass is 315 g/mol. The van der Waals surface area contributed by atoms with E-state index in [0.29, 0.717) is 0 Å². The zero-order valence-corrected chi connectivity index (χ0v) is 14.0. The summed E-state index contributed by atoms with van der Waals surface area (Å²) in [6.45, 7) is 7.28. The zero-order valence-electron chi connectivity index (χ0n) is 13.2. The summed E-state index contributed by atoms with van der Waals surface area (Å²) in [6.07, 6.45) is 1.66. The van der Waals surface area contributed by atoms with Crippen LogP contribution in [0.15, 0.2) is 47.1 Å². The van der Waals surface area contributed by atoms with E-state index < -0.39 is 0 Å². The van der Waals surface area contributed by atoms with Gasteiger partial charge in [-0.3, -0.25) is 4.79 Å². The number of carbonyl (C=O) groups excluding carboxylic acids is 1. The maximum atomic E-state index is 12.8. The molecule has 116 valence electrons. The molecule has 1 aliphatic heterocycles. The van der Waals surface area contributed by atoms with Crippen LogP contribution in [-0.4, -0.2) is 23.1 Å². The van der Waals surface area contributed by atoms with Gasteiger partial charge in [0.2, 0.25) is 0 Å². The molecule has 1 aromatic heterocycles. The molecule has 22 heavy (non-hydrogen) atoms. The average Bonchev–Trinajstić information content (AvgIpc) is 3.16. The molecule has 3 rings (SSSR count). The van der Waals surface area contributed by atoms with Gasteiger partial charge in [-0.1, -0.05) is 32.9 Å². The van der Waals surface area contributed by atoms with Gasteiger partial charge in [0.15, 0.2) is 0 Å². The lowest BCUT2D eigenvalue weighted by atomic mass is 9.86. The van der Waals surface area contributed by atoms with Crippen LogP contribution in [0.25, 0.3) is 0 Å². The van der Waals surface area contributed by atoms with E-state index in [9.17, 15) is 4.79 Å². The molecule has 1 fully saturated rings. The van der Waals surface area contributed by atoms with Crippen molar-refractivity contribution in [3.8, 4) is 0 Å². The van der Waals surface area contributed by atoms with Crippen LogP contribution >= 0.6 is 11.8 Å². The van der Waals surface area contributed by atoms with Gasteiger partial charge < -0.3 is 9.32 Å². The molecule has 1 unspecified atom stereocenters. The van der Waals surface area contributed by atoms with Crippen molar-refractivity contribution in [2.75, 3.05) is 12.3 Å². The van der Waals surface area contributed by atoms with Gasteiger partial charge in [-0.05, 0) is 35.2 Å². The van der Waals surface area contributed by atoms with Crippen LogP contribution in [0.2, 0.25) is 0 Å². The molecule has 0 spiro atoms. The number of nitrogens with zero attached hydrogens (tertiary/aromatic N) is 1. The zero-order chi connectivity index (χ0) is 15.7. The van der Waals surface area contributed by atoms with Crippen LogP contribution in [0.5, 0.6) is 0 Å². The van der Waals surface area contributed by atoms with Crippen molar-refractivity contribution >= 4 is 17.7 Å². The predicted octanol–water partition coefficient (Wildman–Crippen LogP) is 4.46. The molecule has 0 aliphatic carbocycles. The molecule has 1 amide bonds. The van der Waals surface area contributed by atoms with Crippen molar-refractivity contribution in [3.05, 3.63) is 59.5 Å². The molecule has 1 atom stereocenters. The minimum absolute atomic E-state index is 0.00945. The Kier molecular flexibility index (Phi) is 4.04. The van der Waals surface area contributed by atoms with Gasteiger partial charge in [0.25, 0.3) is 5.91 Å². The first-order valence-electron chi connectivity index (χ1n) is 7.53. The number of rotatable bonds is 2. The first-order valence-corrected chi connectivity index (χ1v) is 8.58. The highest BCUT2D eigenvalue weighted by Gasteiger charge is 2.33. The van der Waals surface area contributed by atoms with E-state index >= 15 is 0 Å². The third-order valence-corrected chi connectivity index (χ3v) is 5.16. The van der Waals surface area contributed by atoms with E-state index in [4.69, 9.17) is 4.42 Å². The third kappa shape index (κ3) is 2.93. The Balaban J connectivity index is 1.81. The minimum atomic E-state index is -0.00945. The fourth-order valence-corrected chi connectivity index (χ4v) is 3.83. The van der Waals surface area contributed by atoms with E-state index in [-0.39, 0.29) is 16.7 Å². The molecule has 3 nitrogen and oxygen atoms in total. The summed E-state index contributed by atoms with van der Waals surface area (Å²) in [6, 6.07) is 11.8. The van der Waals surface area contributed by atoms with Gasteiger partial charge >= 0.3 is 0 Å². The van der Waals surface area contributed by atoms with Crippen molar-refractivity contribution in [1.29, 1.82) is 0 Å². The van der Waals surface area contributed by atoms with Crippen molar-refractivity contribution in [3.63, 3.8) is 0 Å². The average molecular weight is 315 g/mol. The third-order valence-electron chi connectivity index (χ3n) is 3.94. The molecular formula is C18H21NO2S. The molecule has 1 aromatic carbocycles. The Morgan fingerprint density at radius 1 is 1.23 bits per heavy atom. The summed E-state index contributed by atoms with van der Waals surface area (Å²) in [5.74, 6) is 1.87. The standard InChI is InChI=1S/C18H21NO2S/c1-18(2,3)14-8-6-13(7-9-14)16(20)19-10-12-22-17(19)15-5-4-11-21-15/h4-9,11,17H,10,12H2,1-3H3. The maximum Gasteiger partial charge on any atom is 0.255 e. The molecule has 0 bridgehead atoms. The summed E-state index contributed by atoms with van der Waals surface area (Å²) in [4.78, 5) is 14.7. The Labute approximate surface area is 135 Å². The van der Waals surface area contributed by atoms with Gasteiger partial charge in [0, 0.05) is 17.9 Å². The smallest absolute Gasteiger partial charge is 0.255 e. The molecule has 0 N–H and O–H groups in total. The van der Waals surface area contributed by atoms with Crippen molar-refractivity contribution in [2.45, 2.75) is 31.6 Å². The number of furan rings is 1. The first-order chi connectivity index (χ1) is 10.5. The van der Waals surface area contributed by atoms with Gasteiger partial charge in [-0.2, -0.15) is 0 Å². The summed E-state index contributed by atoms with van der Waals surface area (Å²) in [7, 11) is 0. The van der Waals surface area contributed by atoms with E-state index in [1.165, 1.54) is 5.56 Å². The second-order valence-corrected chi connectivity index (χ2v) is 7.75. The fraction of sp³-hybridized carbons (Fsp3) is 0.389. The maximum absolute atomic E-state index is 12.8. The van der Waals surface area contributed by atoms with Crippen LogP contribution in [-0.2, 0) is 5.41 Å². The Morgan fingerprint density at radius 3 is 2.55 bits per heavy atom. The highest BCUT2D eigenvalue weighted by molar-refractivity contribution is 7.99. The quantitative estimate of drug-likeness (QED) is 0.820. The molecule has 0 saturated carbocycles. The van der Waals surface area contributed by atoms with Crippen LogP contribution < -0.4 is 0 Å². The molecular weight excluding hydrogens is 294 g/mol. The van der Waals surface area contributed by atoms with Gasteiger partial charge in [0.05, 0.1) is 6.26 Å². The number of carbonyl (C=O) groups is 1. The summed E-state index contributed by atoms with van der Waals surface area (Å²) < 4.78 is 5.48. The number of amides is 1. The number of benzene rings is 1. The largest absolute Gasteiger partial charge is 0.466 e. The Hall–Kier alpha value is -1.68.